The Bertz CT molecular complexity index is 584. The molecule has 2 N–H and O–H groups in total. The number of methoxy groups -OCH3 is 1. The van der Waals surface area contributed by atoms with Gasteiger partial charge in [-0.25, -0.2) is 4.79 Å². The van der Waals surface area contributed by atoms with Crippen molar-refractivity contribution in [3.63, 3.8) is 0 Å². The second-order valence-corrected chi connectivity index (χ2v) is 5.36. The number of aliphatic carboxylic acids is 1. The number of para-hydroxylation sites is 1. The molecule has 0 saturated heterocycles. The van der Waals surface area contributed by atoms with Crippen molar-refractivity contribution in [2.24, 2.45) is 11.8 Å². The van der Waals surface area contributed by atoms with Gasteiger partial charge in [0.2, 0.25) is 5.91 Å². The number of hydrogen-bond acceptors (Lipinski definition) is 4. The van der Waals surface area contributed by atoms with E-state index in [2.05, 4.69) is 10.1 Å². The van der Waals surface area contributed by atoms with Gasteiger partial charge >= 0.3 is 11.9 Å². The second-order valence-electron chi connectivity index (χ2n) is 5.36. The normalized spacial score (nSPS) is 21.0. The maximum Gasteiger partial charge on any atom is 0.339 e. The SMILES string of the molecule is COC(=O)c1ccccc1NC(=O)[C@H]1CCCC[C@@H]1C(=O)O. The van der Waals surface area contributed by atoms with Crippen LogP contribution in [0.3, 0.4) is 0 Å². The summed E-state index contributed by atoms with van der Waals surface area (Å²) in [5.41, 5.74) is 0.593. The largest absolute Gasteiger partial charge is 0.481 e. The van der Waals surface area contributed by atoms with Gasteiger partial charge in [0.25, 0.3) is 0 Å². The molecule has 1 aliphatic rings. The monoisotopic (exact) mass is 305 g/mol. The van der Waals surface area contributed by atoms with Crippen LogP contribution in [0, 0.1) is 11.8 Å². The van der Waals surface area contributed by atoms with Gasteiger partial charge in [-0.15, -0.1) is 0 Å². The molecular formula is C16H19NO5. The molecule has 1 fully saturated rings. The third kappa shape index (κ3) is 3.44. The zero-order chi connectivity index (χ0) is 16.1. The predicted molar refractivity (Wildman–Crippen MR) is 79.5 cm³/mol. The van der Waals surface area contributed by atoms with Gasteiger partial charge in [0.05, 0.1) is 30.2 Å². The van der Waals surface area contributed by atoms with Crippen LogP contribution in [0.1, 0.15) is 36.0 Å². The number of benzene rings is 1. The minimum atomic E-state index is -0.943. The highest BCUT2D eigenvalue weighted by Gasteiger charge is 2.36. The standard InChI is InChI=1S/C16H19NO5/c1-22-16(21)12-8-4-5-9-13(12)17-14(18)10-6-2-3-7-11(10)15(19)20/h4-5,8-11H,2-3,6-7H2,1H3,(H,17,18)(H,19,20)/t10-,11-/m0/s1. The lowest BCUT2D eigenvalue weighted by molar-refractivity contribution is -0.147. The Kier molecular flexibility index (Phi) is 5.14. The van der Waals surface area contributed by atoms with Crippen LogP contribution >= 0.6 is 0 Å². The van der Waals surface area contributed by atoms with Gasteiger partial charge in [0, 0.05) is 0 Å². The molecule has 22 heavy (non-hydrogen) atoms. The third-order valence-electron chi connectivity index (χ3n) is 4.01. The van der Waals surface area contributed by atoms with Crippen molar-refractivity contribution in [1.29, 1.82) is 0 Å². The Morgan fingerprint density at radius 3 is 2.41 bits per heavy atom. The van der Waals surface area contributed by atoms with Crippen LogP contribution in [-0.4, -0.2) is 30.1 Å². The van der Waals surface area contributed by atoms with Crippen LogP contribution in [-0.2, 0) is 14.3 Å². The number of carboxylic acids is 1. The topological polar surface area (TPSA) is 92.7 Å². The average molecular weight is 305 g/mol. The van der Waals surface area contributed by atoms with Gasteiger partial charge in [0.1, 0.15) is 0 Å². The molecule has 0 radical (unpaired) electrons. The summed E-state index contributed by atoms with van der Waals surface area (Å²) < 4.78 is 4.68. The van der Waals surface area contributed by atoms with E-state index in [1.807, 2.05) is 0 Å². The van der Waals surface area contributed by atoms with Crippen LogP contribution in [0.2, 0.25) is 0 Å². The fourth-order valence-electron chi connectivity index (χ4n) is 2.85. The summed E-state index contributed by atoms with van der Waals surface area (Å²) in [7, 11) is 1.27. The summed E-state index contributed by atoms with van der Waals surface area (Å²) in [4.78, 5) is 35.4. The molecule has 2 rings (SSSR count). The number of ether oxygens (including phenoxy) is 1. The lowest BCUT2D eigenvalue weighted by Gasteiger charge is -2.27. The highest BCUT2D eigenvalue weighted by atomic mass is 16.5. The van der Waals surface area contributed by atoms with E-state index < -0.39 is 23.8 Å². The molecule has 1 aliphatic carbocycles. The Labute approximate surface area is 128 Å². The lowest BCUT2D eigenvalue weighted by Crippen LogP contribution is -2.36. The number of carboxylic acid groups (broad SMARTS) is 1. The van der Waals surface area contributed by atoms with Gasteiger partial charge in [0.15, 0.2) is 0 Å². The maximum absolute atomic E-state index is 12.4. The first-order valence-corrected chi connectivity index (χ1v) is 7.25. The first kappa shape index (κ1) is 16.0. The van der Waals surface area contributed by atoms with Gasteiger partial charge in [-0.1, -0.05) is 25.0 Å². The van der Waals surface area contributed by atoms with Crippen molar-refractivity contribution in [3.05, 3.63) is 29.8 Å². The van der Waals surface area contributed by atoms with Gasteiger partial charge in [-0.05, 0) is 25.0 Å². The zero-order valence-electron chi connectivity index (χ0n) is 12.4. The summed E-state index contributed by atoms with van der Waals surface area (Å²) >= 11 is 0. The summed E-state index contributed by atoms with van der Waals surface area (Å²) in [6.45, 7) is 0. The Balaban J connectivity index is 2.18. The molecule has 6 nitrogen and oxygen atoms in total. The van der Waals surface area contributed by atoms with Crippen molar-refractivity contribution in [1.82, 2.24) is 0 Å². The number of amides is 1. The molecule has 1 saturated carbocycles. The highest BCUT2D eigenvalue weighted by Crippen LogP contribution is 2.31. The van der Waals surface area contributed by atoms with E-state index in [1.165, 1.54) is 7.11 Å². The molecule has 2 atom stereocenters. The van der Waals surface area contributed by atoms with Crippen molar-refractivity contribution in [2.75, 3.05) is 12.4 Å². The van der Waals surface area contributed by atoms with Gasteiger partial charge < -0.3 is 15.2 Å². The Morgan fingerprint density at radius 1 is 1.14 bits per heavy atom. The summed E-state index contributed by atoms with van der Waals surface area (Å²) in [6, 6.07) is 6.51. The Morgan fingerprint density at radius 2 is 1.77 bits per heavy atom. The van der Waals surface area contributed by atoms with Crippen molar-refractivity contribution in [3.8, 4) is 0 Å². The van der Waals surface area contributed by atoms with E-state index in [4.69, 9.17) is 0 Å². The molecule has 0 unspecified atom stereocenters. The van der Waals surface area contributed by atoms with E-state index in [1.54, 1.807) is 24.3 Å². The Hall–Kier alpha value is -2.37. The predicted octanol–water partition coefficient (Wildman–Crippen LogP) is 2.30. The second kappa shape index (κ2) is 7.06. The average Bonchev–Trinajstić information content (AvgIpc) is 2.54. The van der Waals surface area contributed by atoms with E-state index in [9.17, 15) is 19.5 Å². The quantitative estimate of drug-likeness (QED) is 0.833. The number of carbonyl (C=O) groups excluding carboxylic acids is 2. The molecule has 1 aromatic carbocycles. The molecule has 118 valence electrons. The lowest BCUT2D eigenvalue weighted by atomic mass is 9.78. The number of nitrogens with one attached hydrogen (secondary N) is 1. The third-order valence-corrected chi connectivity index (χ3v) is 4.01. The number of carbonyl (C=O) groups is 3. The molecule has 0 aliphatic heterocycles. The van der Waals surface area contributed by atoms with Crippen molar-refractivity contribution >= 4 is 23.5 Å². The van der Waals surface area contributed by atoms with E-state index in [0.29, 0.717) is 18.5 Å². The highest BCUT2D eigenvalue weighted by molar-refractivity contribution is 6.02. The fraction of sp³-hybridized carbons (Fsp3) is 0.438. The first-order valence-electron chi connectivity index (χ1n) is 7.25. The fourth-order valence-corrected chi connectivity index (χ4v) is 2.85. The van der Waals surface area contributed by atoms with Crippen LogP contribution < -0.4 is 5.32 Å². The molecule has 6 heteroatoms. The van der Waals surface area contributed by atoms with Crippen molar-refractivity contribution < 1.29 is 24.2 Å². The zero-order valence-corrected chi connectivity index (χ0v) is 12.4. The van der Waals surface area contributed by atoms with Crippen LogP contribution in [0.15, 0.2) is 24.3 Å². The molecule has 0 spiro atoms. The maximum atomic E-state index is 12.4. The smallest absolute Gasteiger partial charge is 0.339 e. The van der Waals surface area contributed by atoms with Crippen LogP contribution in [0.25, 0.3) is 0 Å². The van der Waals surface area contributed by atoms with E-state index in [0.717, 1.165) is 12.8 Å². The van der Waals surface area contributed by atoms with Crippen LogP contribution in [0.4, 0.5) is 5.69 Å². The van der Waals surface area contributed by atoms with E-state index >= 15 is 0 Å². The van der Waals surface area contributed by atoms with Gasteiger partial charge in [-0.3, -0.25) is 9.59 Å². The molecule has 1 amide bonds. The molecule has 0 heterocycles. The summed E-state index contributed by atoms with van der Waals surface area (Å²) in [5.74, 6) is -3.09. The molecule has 0 bridgehead atoms. The number of hydrogen-bond donors (Lipinski definition) is 2. The summed E-state index contributed by atoms with van der Waals surface area (Å²) in [6.07, 6.45) is 2.70. The molecular weight excluding hydrogens is 286 g/mol. The first-order chi connectivity index (χ1) is 10.5. The van der Waals surface area contributed by atoms with Gasteiger partial charge in [-0.2, -0.15) is 0 Å². The summed E-state index contributed by atoms with van der Waals surface area (Å²) in [5, 5.41) is 11.9. The molecule has 0 aromatic heterocycles. The molecule has 1 aromatic rings. The van der Waals surface area contributed by atoms with Crippen molar-refractivity contribution in [2.45, 2.75) is 25.7 Å². The van der Waals surface area contributed by atoms with Crippen LogP contribution in [0.5, 0.6) is 0 Å². The number of anilines is 1. The number of esters is 1. The minimum absolute atomic E-state index is 0.251. The number of rotatable bonds is 4. The van der Waals surface area contributed by atoms with E-state index in [-0.39, 0.29) is 11.5 Å². The minimum Gasteiger partial charge on any atom is -0.481 e.